The average molecular weight is 653 g/mol. The van der Waals surface area contributed by atoms with Gasteiger partial charge in [0, 0.05) is 11.4 Å². The van der Waals surface area contributed by atoms with Gasteiger partial charge < -0.3 is 44.7 Å². The fourth-order valence-corrected chi connectivity index (χ4v) is 3.78. The zero-order chi connectivity index (χ0) is 30.2. The maximum atomic E-state index is 11.7. The summed E-state index contributed by atoms with van der Waals surface area (Å²) in [5.41, 5.74) is 4.75. The topological polar surface area (TPSA) is 142 Å². The summed E-state index contributed by atoms with van der Waals surface area (Å²) in [6.45, 7) is 0.777. The van der Waals surface area contributed by atoms with Crippen molar-refractivity contribution in [1.82, 2.24) is 9.13 Å². The Bertz CT molecular complexity index is 1750. The van der Waals surface area contributed by atoms with Crippen molar-refractivity contribution < 1.29 is 25.9 Å². The molecule has 0 spiro atoms. The second kappa shape index (κ2) is 18.4. The van der Waals surface area contributed by atoms with E-state index in [0.717, 1.165) is 22.4 Å². The van der Waals surface area contributed by atoms with Gasteiger partial charge in [-0.25, -0.2) is 20.1 Å². The molecule has 0 aliphatic carbocycles. The van der Waals surface area contributed by atoms with Crippen LogP contribution in [0.4, 0.5) is 11.4 Å². The molecular weight excluding hydrogens is 628 g/mol. The summed E-state index contributed by atoms with van der Waals surface area (Å²) in [4.78, 5) is 23.4. The maximum absolute atomic E-state index is 11.7. The molecule has 43 heavy (non-hydrogen) atoms. The first-order valence-electron chi connectivity index (χ1n) is 12.3. The predicted octanol–water partition coefficient (Wildman–Crippen LogP) is 5.35. The van der Waals surface area contributed by atoms with Gasteiger partial charge in [0.1, 0.15) is 0 Å². The first-order valence-corrected chi connectivity index (χ1v) is 13.1. The van der Waals surface area contributed by atoms with E-state index in [1.54, 1.807) is 21.3 Å². The van der Waals surface area contributed by atoms with Crippen molar-refractivity contribution in [2.45, 2.75) is 13.3 Å². The molecule has 13 heteroatoms. The Morgan fingerprint density at radius 1 is 0.581 bits per heavy atom. The molecule has 0 unspecified atom stereocenters. The number of nitrogens with one attached hydrogen (secondary N) is 2. The van der Waals surface area contributed by atoms with E-state index in [1.165, 1.54) is 10.8 Å². The van der Waals surface area contributed by atoms with Crippen LogP contribution in [0.1, 0.15) is 0 Å². The van der Waals surface area contributed by atoms with Crippen LogP contribution in [0, 0.1) is 21.3 Å². The van der Waals surface area contributed by atoms with Crippen LogP contribution in [0.5, 0.6) is 0 Å². The van der Waals surface area contributed by atoms with Crippen LogP contribution in [0.3, 0.4) is 0 Å². The van der Waals surface area contributed by atoms with Gasteiger partial charge in [0.05, 0.1) is 24.4 Å². The molecule has 10 nitrogen and oxygen atoms in total. The molecule has 6 rings (SSSR count). The van der Waals surface area contributed by atoms with Gasteiger partial charge in [-0.1, -0.05) is 71.5 Å². The van der Waals surface area contributed by atoms with Crippen molar-refractivity contribution in [3.63, 3.8) is 0 Å². The number of para-hydroxylation sites is 6. The Balaban J connectivity index is 0.000000249. The molecule has 0 aliphatic rings. The minimum absolute atomic E-state index is 0. The van der Waals surface area contributed by atoms with Crippen LogP contribution in [0.25, 0.3) is 22.2 Å². The van der Waals surface area contributed by atoms with Crippen LogP contribution in [-0.2, 0) is 55.7 Å². The van der Waals surface area contributed by atoms with Crippen LogP contribution < -0.4 is 22.1 Å². The Morgan fingerprint density at radius 2 is 0.884 bits per heavy atom. The third-order valence-electron chi connectivity index (χ3n) is 5.58. The summed E-state index contributed by atoms with van der Waals surface area (Å²) in [5.74, 6) is -0.695. The maximum Gasteiger partial charge on any atom is 2.00 e. The molecule has 2 N–H and O–H groups in total. The van der Waals surface area contributed by atoms with Gasteiger partial charge in [0.2, 0.25) is 0 Å². The Kier molecular flexibility index (Phi) is 14.6. The van der Waals surface area contributed by atoms with E-state index in [-0.39, 0.29) is 28.6 Å². The molecule has 0 fully saturated rings. The number of fused-ring (bicyclic) bond motifs is 2. The van der Waals surface area contributed by atoms with E-state index in [1.807, 2.05) is 97.1 Å². The number of rotatable bonds is 6. The number of oxazole rings is 2. The number of hydrogen-bond donors (Lipinski definition) is 2. The first kappa shape index (κ1) is 34.2. The Hall–Kier alpha value is -5.04. The summed E-state index contributed by atoms with van der Waals surface area (Å²) in [7, 11) is 0. The SMILES string of the molecule is N#C[S-].N#C[S-].O=c1oc2ccccc2n1CNc1ccccc1.O=c1oc2ccccc2n1CNc1ccccc1.[Fe+2]. The number of nitriles is 2. The van der Waals surface area contributed by atoms with E-state index in [2.05, 4.69) is 35.9 Å². The van der Waals surface area contributed by atoms with Gasteiger partial charge in [-0.15, -0.1) is 0 Å². The number of hydrogen-bond acceptors (Lipinski definition) is 10. The van der Waals surface area contributed by atoms with E-state index in [9.17, 15) is 9.59 Å². The Labute approximate surface area is 268 Å². The van der Waals surface area contributed by atoms with Crippen molar-refractivity contribution in [2.75, 3.05) is 10.6 Å². The average Bonchev–Trinajstić information content (AvgIpc) is 3.51. The standard InChI is InChI=1S/2C14H12N2O2.2CHNS.Fe/c2*17-14-16(10-15-11-6-2-1-3-7-11)12-8-4-5-9-13(12)18-14;2*2-1-3;/h2*1-9,15H,10H2;2*3H;/q;;;;+2/p-2. The van der Waals surface area contributed by atoms with Crippen molar-refractivity contribution in [2.24, 2.45) is 0 Å². The van der Waals surface area contributed by atoms with Gasteiger partial charge in [0.25, 0.3) is 0 Å². The first-order chi connectivity index (χ1) is 20.5. The van der Waals surface area contributed by atoms with E-state index >= 15 is 0 Å². The Morgan fingerprint density at radius 3 is 1.23 bits per heavy atom. The summed E-state index contributed by atoms with van der Waals surface area (Å²) in [6, 6.07) is 34.3. The van der Waals surface area contributed by atoms with Crippen LogP contribution in [-0.4, -0.2) is 9.13 Å². The van der Waals surface area contributed by atoms with Gasteiger partial charge in [-0.3, -0.25) is 9.13 Å². The van der Waals surface area contributed by atoms with Crippen LogP contribution in [0.15, 0.2) is 128 Å². The number of aromatic nitrogens is 2. The molecule has 0 atom stereocenters. The third-order valence-corrected chi connectivity index (χ3v) is 5.58. The minimum Gasteiger partial charge on any atom is -0.696 e. The number of nitrogens with zero attached hydrogens (tertiary/aromatic N) is 4. The molecule has 0 radical (unpaired) electrons. The van der Waals surface area contributed by atoms with Crippen molar-refractivity contribution >= 4 is 58.8 Å². The van der Waals surface area contributed by atoms with Crippen molar-refractivity contribution in [3.8, 4) is 10.8 Å². The summed E-state index contributed by atoms with van der Waals surface area (Å²) in [5, 5.41) is 23.3. The van der Waals surface area contributed by atoms with E-state index in [0.29, 0.717) is 24.5 Å². The molecule has 4 aromatic carbocycles. The summed E-state index contributed by atoms with van der Waals surface area (Å²) in [6.07, 6.45) is 0. The summed E-state index contributed by atoms with van der Waals surface area (Å²) >= 11 is 7.40. The van der Waals surface area contributed by atoms with Gasteiger partial charge in [0.15, 0.2) is 11.2 Å². The number of anilines is 2. The molecule has 0 amide bonds. The van der Waals surface area contributed by atoms with Crippen molar-refractivity contribution in [3.05, 3.63) is 130 Å². The minimum atomic E-state index is -0.348. The second-order valence-electron chi connectivity index (χ2n) is 8.11. The van der Waals surface area contributed by atoms with Gasteiger partial charge >= 0.3 is 28.6 Å². The second-order valence-corrected chi connectivity index (χ2v) is 8.48. The summed E-state index contributed by atoms with van der Waals surface area (Å²) < 4.78 is 13.5. The smallest absolute Gasteiger partial charge is 0.696 e. The molecule has 2 aromatic heterocycles. The zero-order valence-corrected chi connectivity index (χ0v) is 25.1. The largest absolute Gasteiger partial charge is 2.00 e. The fourth-order valence-electron chi connectivity index (χ4n) is 3.78. The quantitative estimate of drug-likeness (QED) is 0.137. The molecule has 6 aromatic rings. The normalized spacial score (nSPS) is 9.26. The molecule has 0 aliphatic heterocycles. The fraction of sp³-hybridized carbons (Fsp3) is 0.0667. The van der Waals surface area contributed by atoms with Gasteiger partial charge in [-0.2, -0.15) is 0 Å². The molecule has 0 bridgehead atoms. The van der Waals surface area contributed by atoms with Crippen molar-refractivity contribution in [1.29, 1.82) is 10.5 Å². The van der Waals surface area contributed by atoms with Crippen LogP contribution >= 0.6 is 0 Å². The van der Waals surface area contributed by atoms with E-state index in [4.69, 9.17) is 19.4 Å². The van der Waals surface area contributed by atoms with Gasteiger partial charge in [-0.05, 0) is 48.5 Å². The molecule has 0 saturated heterocycles. The third kappa shape index (κ3) is 10.1. The molecule has 2 heterocycles. The molecule has 218 valence electrons. The molecular formula is C30H24FeN6O4S2. The van der Waals surface area contributed by atoms with Crippen LogP contribution in [0.2, 0.25) is 0 Å². The number of benzene rings is 4. The number of thiocyanates is 2. The van der Waals surface area contributed by atoms with E-state index < -0.39 is 0 Å². The molecule has 0 saturated carbocycles. The predicted molar refractivity (Wildman–Crippen MR) is 167 cm³/mol. The monoisotopic (exact) mass is 652 g/mol. The zero-order valence-electron chi connectivity index (χ0n) is 22.4.